The third-order valence-electron chi connectivity index (χ3n) is 2.43. The molecule has 1 aromatic rings. The van der Waals surface area contributed by atoms with E-state index in [1.165, 1.54) is 6.33 Å². The highest BCUT2D eigenvalue weighted by atomic mass is 16.2. The molecule has 0 aliphatic heterocycles. The van der Waals surface area contributed by atoms with E-state index in [2.05, 4.69) is 15.2 Å². The van der Waals surface area contributed by atoms with E-state index in [9.17, 15) is 4.79 Å². The average molecular weight is 225 g/mol. The number of carbonyl (C=O) groups excluding carboxylic acids is 1. The minimum absolute atomic E-state index is 0.0936. The van der Waals surface area contributed by atoms with E-state index in [0.29, 0.717) is 12.4 Å². The molecule has 6 heteroatoms. The second-order valence-electron chi connectivity index (χ2n) is 4.97. The Morgan fingerprint density at radius 3 is 2.69 bits per heavy atom. The van der Waals surface area contributed by atoms with Crippen molar-refractivity contribution in [3.05, 3.63) is 12.2 Å². The van der Waals surface area contributed by atoms with Gasteiger partial charge in [0.25, 0.3) is 0 Å². The van der Waals surface area contributed by atoms with Crippen LogP contribution >= 0.6 is 0 Å². The maximum atomic E-state index is 12.0. The Morgan fingerprint density at radius 2 is 2.25 bits per heavy atom. The van der Waals surface area contributed by atoms with Crippen LogP contribution in [-0.4, -0.2) is 39.1 Å². The Labute approximate surface area is 95.2 Å². The summed E-state index contributed by atoms with van der Waals surface area (Å²) < 4.78 is 0. The number of H-pyrrole nitrogens is 1. The topological polar surface area (TPSA) is 87.9 Å². The fourth-order valence-electron chi connectivity index (χ4n) is 1.22. The number of hydrogen-bond acceptors (Lipinski definition) is 4. The van der Waals surface area contributed by atoms with Crippen LogP contribution in [-0.2, 0) is 11.3 Å². The van der Waals surface area contributed by atoms with E-state index in [0.717, 1.165) is 0 Å². The number of aromatic amines is 1. The summed E-state index contributed by atoms with van der Waals surface area (Å²) in [7, 11) is 1.70. The van der Waals surface area contributed by atoms with Crippen molar-refractivity contribution in [2.24, 2.45) is 11.1 Å². The van der Waals surface area contributed by atoms with Crippen molar-refractivity contribution in [3.8, 4) is 0 Å². The van der Waals surface area contributed by atoms with Gasteiger partial charge in [-0.1, -0.05) is 20.8 Å². The lowest BCUT2D eigenvalue weighted by molar-refractivity contribution is -0.134. The first-order chi connectivity index (χ1) is 7.32. The lowest BCUT2D eigenvalue weighted by atomic mass is 9.86. The number of carbonyl (C=O) groups is 1. The van der Waals surface area contributed by atoms with Crippen molar-refractivity contribution < 1.29 is 4.79 Å². The maximum absolute atomic E-state index is 12.0. The number of rotatable bonds is 3. The molecule has 0 aliphatic rings. The standard InChI is InChI=1S/C10H19N5O/c1-10(2,3)8(11)9(16)15(4)5-7-12-6-13-14-7/h6,8H,5,11H2,1-4H3,(H,12,13,14)/t8-/m1/s1. The molecule has 0 unspecified atom stereocenters. The van der Waals surface area contributed by atoms with Gasteiger partial charge in [-0.3, -0.25) is 9.89 Å². The van der Waals surface area contributed by atoms with Crippen LogP contribution in [0.2, 0.25) is 0 Å². The average Bonchev–Trinajstić information content (AvgIpc) is 2.66. The molecule has 0 radical (unpaired) electrons. The highest BCUT2D eigenvalue weighted by molar-refractivity contribution is 5.82. The molecule has 90 valence electrons. The van der Waals surface area contributed by atoms with Gasteiger partial charge in [-0.15, -0.1) is 0 Å². The lowest BCUT2D eigenvalue weighted by Crippen LogP contribution is -2.49. The summed E-state index contributed by atoms with van der Waals surface area (Å²) in [6.45, 7) is 6.22. The maximum Gasteiger partial charge on any atom is 0.240 e. The van der Waals surface area contributed by atoms with E-state index in [-0.39, 0.29) is 11.3 Å². The van der Waals surface area contributed by atoms with Gasteiger partial charge in [0, 0.05) is 7.05 Å². The Hall–Kier alpha value is -1.43. The number of nitrogens with two attached hydrogens (primary N) is 1. The molecular formula is C10H19N5O. The summed E-state index contributed by atoms with van der Waals surface area (Å²) in [6, 6.07) is -0.513. The quantitative estimate of drug-likeness (QED) is 0.765. The molecule has 6 nitrogen and oxygen atoms in total. The Balaban J connectivity index is 2.61. The van der Waals surface area contributed by atoms with Crippen molar-refractivity contribution in [3.63, 3.8) is 0 Å². The summed E-state index contributed by atoms with van der Waals surface area (Å²) in [5, 5.41) is 6.43. The number of amides is 1. The molecule has 3 N–H and O–H groups in total. The van der Waals surface area contributed by atoms with Crippen LogP contribution < -0.4 is 5.73 Å². The van der Waals surface area contributed by atoms with Crippen molar-refractivity contribution in [2.45, 2.75) is 33.4 Å². The molecular weight excluding hydrogens is 206 g/mol. The molecule has 0 spiro atoms. The zero-order valence-electron chi connectivity index (χ0n) is 10.2. The van der Waals surface area contributed by atoms with Gasteiger partial charge in [0.15, 0.2) is 0 Å². The number of nitrogens with one attached hydrogen (secondary N) is 1. The summed E-state index contributed by atoms with van der Waals surface area (Å²) in [6.07, 6.45) is 1.41. The van der Waals surface area contributed by atoms with Crippen LogP contribution in [0.5, 0.6) is 0 Å². The first-order valence-electron chi connectivity index (χ1n) is 5.17. The summed E-state index contributed by atoms with van der Waals surface area (Å²) in [4.78, 5) is 17.5. The SMILES string of the molecule is CN(Cc1ncn[nH]1)C(=O)[C@@H](N)C(C)(C)C. The molecule has 1 atom stereocenters. The Morgan fingerprint density at radius 1 is 1.62 bits per heavy atom. The van der Waals surface area contributed by atoms with Gasteiger partial charge in [-0.2, -0.15) is 5.10 Å². The van der Waals surface area contributed by atoms with Crippen molar-refractivity contribution in [1.82, 2.24) is 20.1 Å². The highest BCUT2D eigenvalue weighted by Crippen LogP contribution is 2.18. The van der Waals surface area contributed by atoms with Gasteiger partial charge in [-0.25, -0.2) is 4.98 Å². The van der Waals surface area contributed by atoms with Gasteiger partial charge >= 0.3 is 0 Å². The second-order valence-corrected chi connectivity index (χ2v) is 4.97. The zero-order valence-corrected chi connectivity index (χ0v) is 10.2. The Kier molecular flexibility index (Phi) is 3.64. The summed E-state index contributed by atoms with van der Waals surface area (Å²) >= 11 is 0. The number of likely N-dealkylation sites (N-methyl/N-ethyl adjacent to an activating group) is 1. The van der Waals surface area contributed by atoms with Crippen LogP contribution in [0, 0.1) is 5.41 Å². The normalized spacial score (nSPS) is 13.6. The molecule has 1 amide bonds. The molecule has 1 heterocycles. The van der Waals surface area contributed by atoms with Crippen molar-refractivity contribution in [2.75, 3.05) is 7.05 Å². The van der Waals surface area contributed by atoms with Crippen LogP contribution in [0.4, 0.5) is 0 Å². The minimum atomic E-state index is -0.513. The summed E-state index contributed by atoms with van der Waals surface area (Å²) in [5.41, 5.74) is 5.64. The number of hydrogen-bond donors (Lipinski definition) is 2. The molecule has 1 rings (SSSR count). The molecule has 0 saturated heterocycles. The monoisotopic (exact) mass is 225 g/mol. The van der Waals surface area contributed by atoms with E-state index in [4.69, 9.17) is 5.73 Å². The van der Waals surface area contributed by atoms with E-state index < -0.39 is 6.04 Å². The van der Waals surface area contributed by atoms with E-state index >= 15 is 0 Å². The van der Waals surface area contributed by atoms with Crippen LogP contribution in [0.25, 0.3) is 0 Å². The van der Waals surface area contributed by atoms with Crippen molar-refractivity contribution >= 4 is 5.91 Å². The molecule has 0 fully saturated rings. The first kappa shape index (κ1) is 12.6. The molecule has 0 bridgehead atoms. The summed E-state index contributed by atoms with van der Waals surface area (Å²) in [5.74, 6) is 0.556. The molecule has 16 heavy (non-hydrogen) atoms. The fraction of sp³-hybridized carbons (Fsp3) is 0.700. The van der Waals surface area contributed by atoms with Crippen LogP contribution in [0.1, 0.15) is 26.6 Å². The fourth-order valence-corrected chi connectivity index (χ4v) is 1.22. The van der Waals surface area contributed by atoms with Gasteiger partial charge in [0.05, 0.1) is 12.6 Å². The predicted octanol–water partition coefficient (Wildman–Crippen LogP) is 0.136. The molecule has 0 aromatic carbocycles. The minimum Gasteiger partial charge on any atom is -0.337 e. The molecule has 0 saturated carbocycles. The molecule has 0 aliphatic carbocycles. The van der Waals surface area contributed by atoms with Gasteiger partial charge in [0.2, 0.25) is 5.91 Å². The van der Waals surface area contributed by atoms with Crippen LogP contribution in [0.15, 0.2) is 6.33 Å². The van der Waals surface area contributed by atoms with E-state index in [1.807, 2.05) is 20.8 Å². The lowest BCUT2D eigenvalue weighted by Gasteiger charge is -2.29. The van der Waals surface area contributed by atoms with Gasteiger partial charge in [-0.05, 0) is 5.41 Å². The predicted molar refractivity (Wildman–Crippen MR) is 60.3 cm³/mol. The van der Waals surface area contributed by atoms with Gasteiger partial charge in [0.1, 0.15) is 12.2 Å². The third-order valence-corrected chi connectivity index (χ3v) is 2.43. The zero-order chi connectivity index (χ0) is 12.3. The second kappa shape index (κ2) is 4.61. The molecule has 1 aromatic heterocycles. The number of aromatic nitrogens is 3. The smallest absolute Gasteiger partial charge is 0.240 e. The highest BCUT2D eigenvalue weighted by Gasteiger charge is 2.29. The van der Waals surface area contributed by atoms with Crippen molar-refractivity contribution in [1.29, 1.82) is 0 Å². The van der Waals surface area contributed by atoms with Crippen LogP contribution in [0.3, 0.4) is 0 Å². The van der Waals surface area contributed by atoms with E-state index in [1.54, 1.807) is 11.9 Å². The first-order valence-corrected chi connectivity index (χ1v) is 5.17. The number of nitrogens with zero attached hydrogens (tertiary/aromatic N) is 3. The van der Waals surface area contributed by atoms with Gasteiger partial charge < -0.3 is 10.6 Å². The third kappa shape index (κ3) is 3.03. The largest absolute Gasteiger partial charge is 0.337 e. The Bertz CT molecular complexity index is 341.